The van der Waals surface area contributed by atoms with Crippen molar-refractivity contribution in [1.29, 1.82) is 5.41 Å². The second-order valence-electron chi connectivity index (χ2n) is 5.75. The van der Waals surface area contributed by atoms with Crippen molar-refractivity contribution in [2.24, 2.45) is 5.73 Å². The minimum Gasteiger partial charge on any atom is -0.487 e. The summed E-state index contributed by atoms with van der Waals surface area (Å²) in [5.41, 5.74) is 8.51. The number of nitrogens with two attached hydrogens (primary N) is 1. The number of benzene rings is 1. The van der Waals surface area contributed by atoms with E-state index in [4.69, 9.17) is 15.9 Å². The maximum absolute atomic E-state index is 12.4. The molecule has 0 spiro atoms. The molecule has 128 valence electrons. The average Bonchev–Trinajstić information content (AvgIpc) is 3.07. The molecule has 7 nitrogen and oxygen atoms in total. The van der Waals surface area contributed by atoms with Gasteiger partial charge in [-0.15, -0.1) is 0 Å². The van der Waals surface area contributed by atoms with Crippen molar-refractivity contribution in [2.45, 2.75) is 13.5 Å². The van der Waals surface area contributed by atoms with Gasteiger partial charge in [0.15, 0.2) is 5.96 Å². The number of nitrogens with one attached hydrogen (secondary N) is 2. The molecule has 2 aromatic heterocycles. The van der Waals surface area contributed by atoms with Gasteiger partial charge >= 0.3 is 0 Å². The number of amides is 1. The molecule has 3 aromatic rings. The summed E-state index contributed by atoms with van der Waals surface area (Å²) in [5.74, 6) is -0.0281. The van der Waals surface area contributed by atoms with Gasteiger partial charge in [-0.1, -0.05) is 6.07 Å². The number of aromatic nitrogens is 2. The second kappa shape index (κ2) is 6.64. The molecule has 0 bridgehead atoms. The zero-order valence-corrected chi connectivity index (χ0v) is 14.0. The van der Waals surface area contributed by atoms with Gasteiger partial charge < -0.3 is 15.5 Å². The first kappa shape index (κ1) is 16.5. The highest BCUT2D eigenvalue weighted by Gasteiger charge is 2.18. The summed E-state index contributed by atoms with van der Waals surface area (Å²) >= 11 is 0. The molecule has 0 unspecified atom stereocenters. The summed E-state index contributed by atoms with van der Waals surface area (Å²) in [6.07, 6.45) is 3.43. The third-order valence-corrected chi connectivity index (χ3v) is 4.01. The first-order chi connectivity index (χ1) is 12.0. The number of pyridine rings is 1. The normalized spacial score (nSPS) is 10.6. The van der Waals surface area contributed by atoms with Crippen molar-refractivity contribution >= 4 is 22.8 Å². The maximum Gasteiger partial charge on any atom is 0.276 e. The van der Waals surface area contributed by atoms with E-state index < -0.39 is 0 Å². The van der Waals surface area contributed by atoms with E-state index >= 15 is 0 Å². The van der Waals surface area contributed by atoms with E-state index in [0.717, 1.165) is 26.9 Å². The smallest absolute Gasteiger partial charge is 0.276 e. The minimum absolute atomic E-state index is 0.311. The van der Waals surface area contributed by atoms with E-state index in [0.29, 0.717) is 18.1 Å². The van der Waals surface area contributed by atoms with Crippen LogP contribution in [-0.2, 0) is 6.61 Å². The third kappa shape index (κ3) is 3.30. The van der Waals surface area contributed by atoms with Crippen LogP contribution in [0.15, 0.2) is 42.7 Å². The van der Waals surface area contributed by atoms with Crippen LogP contribution in [0, 0.1) is 12.3 Å². The van der Waals surface area contributed by atoms with Crippen molar-refractivity contribution in [3.05, 3.63) is 59.5 Å². The molecular formula is C18H19N5O2. The molecule has 0 aliphatic carbocycles. The van der Waals surface area contributed by atoms with Gasteiger partial charge in [0.2, 0.25) is 0 Å². The lowest BCUT2D eigenvalue weighted by molar-refractivity contribution is 0.0864. The number of guanidine groups is 1. The number of hydrogen-bond donors (Lipinski definition) is 3. The van der Waals surface area contributed by atoms with Crippen molar-refractivity contribution in [1.82, 2.24) is 14.9 Å². The lowest BCUT2D eigenvalue weighted by Crippen LogP contribution is -2.38. The molecule has 0 aliphatic rings. The van der Waals surface area contributed by atoms with E-state index in [-0.39, 0.29) is 11.9 Å². The number of hydrogen-bond acceptors (Lipinski definition) is 4. The molecule has 7 heteroatoms. The Morgan fingerprint density at radius 1 is 1.32 bits per heavy atom. The summed E-state index contributed by atoms with van der Waals surface area (Å²) in [4.78, 5) is 20.5. The van der Waals surface area contributed by atoms with Gasteiger partial charge in [-0.3, -0.25) is 20.1 Å². The summed E-state index contributed by atoms with van der Waals surface area (Å²) < 4.78 is 5.91. The first-order valence-corrected chi connectivity index (χ1v) is 7.73. The van der Waals surface area contributed by atoms with Crippen LogP contribution >= 0.6 is 0 Å². The molecule has 3 rings (SSSR count). The summed E-state index contributed by atoms with van der Waals surface area (Å²) in [6, 6.07) is 9.35. The van der Waals surface area contributed by atoms with E-state index in [1.54, 1.807) is 18.5 Å². The standard InChI is InChI=1S/C18H19N5O2/c1-11-3-4-15(25-10-12-5-7-21-8-6-12)16-13(11)9-14(22-16)17(24)23(2)18(19)20/h3-9,22H,10H2,1-2H3,(H3,19,20). The van der Waals surface area contributed by atoms with Crippen LogP contribution in [0.4, 0.5) is 0 Å². The molecule has 4 N–H and O–H groups in total. The van der Waals surface area contributed by atoms with Crippen LogP contribution in [-0.4, -0.2) is 33.8 Å². The number of ether oxygens (including phenoxy) is 1. The van der Waals surface area contributed by atoms with Crippen molar-refractivity contribution < 1.29 is 9.53 Å². The Hall–Kier alpha value is -3.35. The average molecular weight is 337 g/mol. The van der Waals surface area contributed by atoms with Gasteiger partial charge in [-0.2, -0.15) is 0 Å². The monoisotopic (exact) mass is 337 g/mol. The van der Waals surface area contributed by atoms with Crippen molar-refractivity contribution in [3.63, 3.8) is 0 Å². The number of rotatable bonds is 4. The Morgan fingerprint density at radius 2 is 2.04 bits per heavy atom. The van der Waals surface area contributed by atoms with Crippen LogP contribution in [0.5, 0.6) is 5.75 Å². The molecule has 1 aromatic carbocycles. The Bertz CT molecular complexity index is 933. The lowest BCUT2D eigenvalue weighted by atomic mass is 10.1. The van der Waals surface area contributed by atoms with Crippen molar-refractivity contribution in [2.75, 3.05) is 7.05 Å². The zero-order valence-electron chi connectivity index (χ0n) is 14.0. The fourth-order valence-corrected chi connectivity index (χ4v) is 2.50. The highest BCUT2D eigenvalue weighted by molar-refractivity contribution is 6.06. The van der Waals surface area contributed by atoms with Crippen molar-refractivity contribution in [3.8, 4) is 5.75 Å². The quantitative estimate of drug-likeness (QED) is 0.502. The van der Waals surface area contributed by atoms with Gasteiger partial charge in [0.25, 0.3) is 5.91 Å². The Kier molecular flexibility index (Phi) is 4.38. The predicted molar refractivity (Wildman–Crippen MR) is 95.6 cm³/mol. The van der Waals surface area contributed by atoms with E-state index in [1.807, 2.05) is 31.2 Å². The van der Waals surface area contributed by atoms with E-state index in [9.17, 15) is 4.79 Å². The van der Waals surface area contributed by atoms with Crippen LogP contribution in [0.2, 0.25) is 0 Å². The number of fused-ring (bicyclic) bond motifs is 1. The van der Waals surface area contributed by atoms with Crippen LogP contribution in [0.25, 0.3) is 10.9 Å². The summed E-state index contributed by atoms with van der Waals surface area (Å²) in [6.45, 7) is 2.36. The van der Waals surface area contributed by atoms with E-state index in [1.165, 1.54) is 7.05 Å². The number of carbonyl (C=O) groups is 1. The molecule has 0 atom stereocenters. The topological polar surface area (TPSA) is 108 Å². The van der Waals surface area contributed by atoms with Gasteiger partial charge in [-0.25, -0.2) is 0 Å². The SMILES string of the molecule is Cc1ccc(OCc2ccncc2)c2[nH]c(C(=O)N(C)C(=N)N)cc12. The molecule has 0 radical (unpaired) electrons. The molecule has 0 aliphatic heterocycles. The Labute approximate surface area is 144 Å². The van der Waals surface area contributed by atoms with Gasteiger partial charge in [0, 0.05) is 24.8 Å². The number of carbonyl (C=O) groups excluding carboxylic acids is 1. The largest absolute Gasteiger partial charge is 0.487 e. The highest BCUT2D eigenvalue weighted by atomic mass is 16.5. The van der Waals surface area contributed by atoms with Gasteiger partial charge in [0.1, 0.15) is 18.1 Å². The lowest BCUT2D eigenvalue weighted by Gasteiger charge is -2.12. The van der Waals surface area contributed by atoms with Crippen LogP contribution in [0.3, 0.4) is 0 Å². The third-order valence-electron chi connectivity index (χ3n) is 4.01. The maximum atomic E-state index is 12.4. The minimum atomic E-state index is -0.372. The summed E-state index contributed by atoms with van der Waals surface area (Å²) in [5, 5.41) is 8.30. The van der Waals surface area contributed by atoms with Gasteiger partial charge in [0.05, 0.1) is 5.52 Å². The number of H-pyrrole nitrogens is 1. The zero-order chi connectivity index (χ0) is 18.0. The number of aromatic amines is 1. The number of aryl methyl sites for hydroxylation is 1. The molecule has 1 amide bonds. The summed E-state index contributed by atoms with van der Waals surface area (Å²) in [7, 11) is 1.46. The highest BCUT2D eigenvalue weighted by Crippen LogP contribution is 2.29. The Morgan fingerprint density at radius 3 is 2.72 bits per heavy atom. The predicted octanol–water partition coefficient (Wildman–Crippen LogP) is 2.42. The molecule has 0 saturated carbocycles. The number of nitrogens with zero attached hydrogens (tertiary/aromatic N) is 2. The second-order valence-corrected chi connectivity index (χ2v) is 5.75. The first-order valence-electron chi connectivity index (χ1n) is 7.73. The fraction of sp³-hybridized carbons (Fsp3) is 0.167. The molecule has 0 fully saturated rings. The molecule has 25 heavy (non-hydrogen) atoms. The van der Waals surface area contributed by atoms with Gasteiger partial charge in [-0.05, 0) is 42.3 Å². The fourth-order valence-electron chi connectivity index (χ4n) is 2.50. The van der Waals surface area contributed by atoms with Crippen LogP contribution < -0.4 is 10.5 Å². The van der Waals surface area contributed by atoms with Crippen LogP contribution in [0.1, 0.15) is 21.6 Å². The van der Waals surface area contributed by atoms with E-state index in [2.05, 4.69) is 9.97 Å². The molecule has 2 heterocycles. The molecular weight excluding hydrogens is 318 g/mol. The molecule has 0 saturated heterocycles. The Balaban J connectivity index is 1.93.